The van der Waals surface area contributed by atoms with Gasteiger partial charge in [0.15, 0.2) is 6.29 Å². The summed E-state index contributed by atoms with van der Waals surface area (Å²) in [5.74, 6) is 0. The van der Waals surface area contributed by atoms with E-state index in [-0.39, 0.29) is 12.4 Å². The van der Waals surface area contributed by atoms with Gasteiger partial charge in [0, 0.05) is 17.5 Å². The van der Waals surface area contributed by atoms with Gasteiger partial charge in [0.1, 0.15) is 0 Å². The minimum atomic E-state index is -0.346. The topological polar surface area (TPSA) is 41.9 Å². The Morgan fingerprint density at radius 2 is 2.14 bits per heavy atom. The van der Waals surface area contributed by atoms with Crippen molar-refractivity contribution < 1.29 is 14.6 Å². The molecule has 1 aromatic rings. The maximum atomic E-state index is 10.5. The van der Waals surface area contributed by atoms with Crippen molar-refractivity contribution in [3.8, 4) is 0 Å². The molecule has 0 saturated carbocycles. The first-order chi connectivity index (χ1) is 10.3. The summed E-state index contributed by atoms with van der Waals surface area (Å²) in [7, 11) is 0. The van der Waals surface area contributed by atoms with Gasteiger partial charge in [-0.2, -0.15) is 0 Å². The highest BCUT2D eigenvalue weighted by Crippen LogP contribution is 2.29. The van der Waals surface area contributed by atoms with E-state index in [2.05, 4.69) is 4.90 Å². The molecule has 0 aromatic carbocycles. The SMILES string of the molecule is O[C@H](C[C@@H]1CCCCCN1CC1OCCO1)c1cccs1. The quantitative estimate of drug-likeness (QED) is 0.908. The largest absolute Gasteiger partial charge is 0.388 e. The lowest BCUT2D eigenvalue weighted by molar-refractivity contribution is -0.0709. The Kier molecular flexibility index (Phi) is 5.66. The number of aliphatic hydroxyl groups is 1. The number of nitrogens with zero attached hydrogens (tertiary/aromatic N) is 1. The van der Waals surface area contributed by atoms with Crippen LogP contribution in [0.2, 0.25) is 0 Å². The first-order valence-corrected chi connectivity index (χ1v) is 8.89. The lowest BCUT2D eigenvalue weighted by atomic mass is 10.0. The standard InChI is InChI=1S/C16H25NO3S/c18-14(15-6-4-10-21-15)11-13-5-2-1-3-7-17(13)12-16-19-8-9-20-16/h4,6,10,13-14,16,18H,1-3,5,7-9,11-12H2/t13-,14+/m0/s1. The molecule has 0 spiro atoms. The highest BCUT2D eigenvalue weighted by molar-refractivity contribution is 7.10. The number of ether oxygens (including phenoxy) is 2. The van der Waals surface area contributed by atoms with Crippen molar-refractivity contribution in [3.63, 3.8) is 0 Å². The maximum absolute atomic E-state index is 10.5. The van der Waals surface area contributed by atoms with Crippen LogP contribution in [-0.4, -0.2) is 48.6 Å². The van der Waals surface area contributed by atoms with Gasteiger partial charge < -0.3 is 14.6 Å². The summed E-state index contributed by atoms with van der Waals surface area (Å²) in [5.41, 5.74) is 0. The van der Waals surface area contributed by atoms with Gasteiger partial charge in [-0.1, -0.05) is 18.9 Å². The van der Waals surface area contributed by atoms with E-state index in [4.69, 9.17) is 9.47 Å². The van der Waals surface area contributed by atoms with Gasteiger partial charge in [0.25, 0.3) is 0 Å². The van der Waals surface area contributed by atoms with E-state index in [1.54, 1.807) is 11.3 Å². The zero-order valence-electron chi connectivity index (χ0n) is 12.4. The molecule has 0 bridgehead atoms. The number of rotatable bonds is 5. The van der Waals surface area contributed by atoms with E-state index in [0.717, 1.165) is 30.8 Å². The molecule has 5 heteroatoms. The molecule has 21 heavy (non-hydrogen) atoms. The van der Waals surface area contributed by atoms with E-state index in [1.165, 1.54) is 19.3 Å². The molecule has 0 aliphatic carbocycles. The van der Waals surface area contributed by atoms with Crippen molar-refractivity contribution in [1.82, 2.24) is 4.90 Å². The average Bonchev–Trinajstić information content (AvgIpc) is 3.14. The van der Waals surface area contributed by atoms with E-state index >= 15 is 0 Å². The second-order valence-corrected chi connectivity index (χ2v) is 6.92. The molecule has 1 aromatic heterocycles. The normalized spacial score (nSPS) is 26.8. The second-order valence-electron chi connectivity index (χ2n) is 5.94. The average molecular weight is 311 g/mol. The molecule has 2 saturated heterocycles. The molecule has 2 aliphatic heterocycles. The molecule has 2 atom stereocenters. The fraction of sp³-hybridized carbons (Fsp3) is 0.750. The van der Waals surface area contributed by atoms with Crippen molar-refractivity contribution in [2.75, 3.05) is 26.3 Å². The number of hydrogen-bond donors (Lipinski definition) is 1. The van der Waals surface area contributed by atoms with Gasteiger partial charge in [-0.05, 0) is 37.3 Å². The van der Waals surface area contributed by atoms with Crippen LogP contribution in [0.1, 0.15) is 43.1 Å². The van der Waals surface area contributed by atoms with Crippen molar-refractivity contribution in [2.45, 2.75) is 50.5 Å². The number of thiophene rings is 1. The first kappa shape index (κ1) is 15.4. The summed E-state index contributed by atoms with van der Waals surface area (Å²) in [6, 6.07) is 4.46. The number of likely N-dealkylation sites (tertiary alicyclic amines) is 1. The van der Waals surface area contributed by atoms with Gasteiger partial charge in [-0.15, -0.1) is 11.3 Å². The molecule has 0 amide bonds. The van der Waals surface area contributed by atoms with Crippen LogP contribution in [0.5, 0.6) is 0 Å². The third-order valence-electron chi connectivity index (χ3n) is 4.44. The van der Waals surface area contributed by atoms with Gasteiger partial charge in [0.05, 0.1) is 19.3 Å². The Morgan fingerprint density at radius 3 is 2.90 bits per heavy atom. The van der Waals surface area contributed by atoms with Gasteiger partial charge in [-0.25, -0.2) is 0 Å². The maximum Gasteiger partial charge on any atom is 0.170 e. The predicted molar refractivity (Wildman–Crippen MR) is 83.4 cm³/mol. The summed E-state index contributed by atoms with van der Waals surface area (Å²) in [6.45, 7) is 3.34. The highest BCUT2D eigenvalue weighted by Gasteiger charge is 2.28. The molecule has 3 heterocycles. The van der Waals surface area contributed by atoms with Crippen LogP contribution in [0.3, 0.4) is 0 Å². The Labute approximate surface area is 130 Å². The van der Waals surface area contributed by atoms with Gasteiger partial charge >= 0.3 is 0 Å². The Hall–Kier alpha value is -0.460. The van der Waals surface area contributed by atoms with Crippen LogP contribution in [0.4, 0.5) is 0 Å². The summed E-state index contributed by atoms with van der Waals surface area (Å²) < 4.78 is 11.2. The second kappa shape index (κ2) is 7.70. The van der Waals surface area contributed by atoms with E-state index in [1.807, 2.05) is 17.5 Å². The number of hydrogen-bond acceptors (Lipinski definition) is 5. The van der Waals surface area contributed by atoms with Crippen molar-refractivity contribution in [3.05, 3.63) is 22.4 Å². The van der Waals surface area contributed by atoms with Crippen molar-refractivity contribution in [1.29, 1.82) is 0 Å². The van der Waals surface area contributed by atoms with Crippen LogP contribution in [0.15, 0.2) is 17.5 Å². The fourth-order valence-corrected chi connectivity index (χ4v) is 4.03. The molecule has 0 radical (unpaired) electrons. The van der Waals surface area contributed by atoms with Crippen LogP contribution < -0.4 is 0 Å². The minimum Gasteiger partial charge on any atom is -0.388 e. The lowest BCUT2D eigenvalue weighted by Gasteiger charge is -2.32. The summed E-state index contributed by atoms with van der Waals surface area (Å²) >= 11 is 1.64. The van der Waals surface area contributed by atoms with E-state index < -0.39 is 0 Å². The molecule has 1 N–H and O–H groups in total. The van der Waals surface area contributed by atoms with Crippen LogP contribution in [-0.2, 0) is 9.47 Å². The predicted octanol–water partition coefficient (Wildman–Crippen LogP) is 2.79. The molecule has 3 rings (SSSR count). The Bertz CT molecular complexity index is 406. The van der Waals surface area contributed by atoms with Crippen LogP contribution in [0, 0.1) is 0 Å². The van der Waals surface area contributed by atoms with E-state index in [9.17, 15) is 5.11 Å². The van der Waals surface area contributed by atoms with Crippen LogP contribution in [0.25, 0.3) is 0 Å². The summed E-state index contributed by atoms with van der Waals surface area (Å²) in [5, 5.41) is 12.5. The monoisotopic (exact) mass is 311 g/mol. The molecule has 118 valence electrons. The fourth-order valence-electron chi connectivity index (χ4n) is 3.30. The molecular formula is C16H25NO3S. The molecule has 4 nitrogen and oxygen atoms in total. The van der Waals surface area contributed by atoms with Crippen LogP contribution >= 0.6 is 11.3 Å². The summed E-state index contributed by atoms with van der Waals surface area (Å²) in [4.78, 5) is 3.55. The van der Waals surface area contributed by atoms with Gasteiger partial charge in [0.2, 0.25) is 0 Å². The first-order valence-electron chi connectivity index (χ1n) is 8.01. The summed E-state index contributed by atoms with van der Waals surface area (Å²) in [6.07, 6.45) is 5.32. The lowest BCUT2D eigenvalue weighted by Crippen LogP contribution is -2.41. The van der Waals surface area contributed by atoms with Crippen molar-refractivity contribution in [2.24, 2.45) is 0 Å². The zero-order valence-corrected chi connectivity index (χ0v) is 13.3. The third kappa shape index (κ3) is 4.27. The molecule has 2 aliphatic rings. The Balaban J connectivity index is 1.60. The minimum absolute atomic E-state index is 0.0792. The van der Waals surface area contributed by atoms with E-state index in [0.29, 0.717) is 19.3 Å². The highest BCUT2D eigenvalue weighted by atomic mass is 32.1. The Morgan fingerprint density at radius 1 is 1.29 bits per heavy atom. The number of aliphatic hydroxyl groups excluding tert-OH is 1. The van der Waals surface area contributed by atoms with Gasteiger partial charge in [-0.3, -0.25) is 4.90 Å². The molecule has 0 unspecified atom stereocenters. The third-order valence-corrected chi connectivity index (χ3v) is 5.41. The zero-order chi connectivity index (χ0) is 14.5. The van der Waals surface area contributed by atoms with Crippen molar-refractivity contribution >= 4 is 11.3 Å². The molecule has 2 fully saturated rings. The molecular weight excluding hydrogens is 286 g/mol. The smallest absolute Gasteiger partial charge is 0.170 e.